The molecule has 142 valence electrons. The number of nitrogens with one attached hydrogen (secondary N) is 1. The van der Waals surface area contributed by atoms with Gasteiger partial charge < -0.3 is 15.0 Å². The third kappa shape index (κ3) is 4.95. The molecule has 0 bridgehead atoms. The van der Waals surface area contributed by atoms with Crippen molar-refractivity contribution in [2.45, 2.75) is 33.4 Å². The van der Waals surface area contributed by atoms with E-state index in [1.807, 2.05) is 62.4 Å². The second kappa shape index (κ2) is 8.82. The van der Waals surface area contributed by atoms with Crippen molar-refractivity contribution >= 4 is 17.5 Å². The first-order chi connectivity index (χ1) is 13.1. The molecule has 2 amide bonds. The number of hydrogen-bond acceptors (Lipinski definition) is 3. The van der Waals surface area contributed by atoms with Crippen molar-refractivity contribution in [1.82, 2.24) is 5.32 Å². The van der Waals surface area contributed by atoms with Gasteiger partial charge in [-0.05, 0) is 37.1 Å². The van der Waals surface area contributed by atoms with E-state index in [2.05, 4.69) is 5.32 Å². The molecular weight excluding hydrogens is 340 g/mol. The molecule has 5 heteroatoms. The molecule has 1 heterocycles. The number of hydrogen-bond donors (Lipinski definition) is 1. The van der Waals surface area contributed by atoms with Crippen LogP contribution >= 0.6 is 0 Å². The maximum Gasteiger partial charge on any atom is 0.227 e. The van der Waals surface area contributed by atoms with Gasteiger partial charge in [-0.25, -0.2) is 0 Å². The molecule has 1 atom stereocenters. The first kappa shape index (κ1) is 19.1. The minimum Gasteiger partial charge on any atom is -0.377 e. The summed E-state index contributed by atoms with van der Waals surface area (Å²) in [4.78, 5) is 26.5. The highest BCUT2D eigenvalue weighted by Crippen LogP contribution is 2.25. The number of benzene rings is 2. The number of aryl methyl sites for hydroxylation is 1. The monoisotopic (exact) mass is 366 g/mol. The molecule has 0 saturated carbocycles. The molecule has 2 aromatic rings. The van der Waals surface area contributed by atoms with Crippen molar-refractivity contribution < 1.29 is 14.3 Å². The smallest absolute Gasteiger partial charge is 0.227 e. The normalized spacial score (nSPS) is 16.6. The average Bonchev–Trinajstić information content (AvgIpc) is 3.07. The Balaban J connectivity index is 1.52. The maximum absolute atomic E-state index is 12.5. The minimum absolute atomic E-state index is 0.000667. The van der Waals surface area contributed by atoms with Crippen molar-refractivity contribution in [3.05, 3.63) is 65.2 Å². The van der Waals surface area contributed by atoms with Crippen LogP contribution < -0.4 is 10.2 Å². The summed E-state index contributed by atoms with van der Waals surface area (Å²) in [5, 5.41) is 2.96. The maximum atomic E-state index is 12.5. The van der Waals surface area contributed by atoms with Crippen LogP contribution in [-0.2, 0) is 27.5 Å². The van der Waals surface area contributed by atoms with Gasteiger partial charge in [0, 0.05) is 31.8 Å². The number of ether oxygens (including phenoxy) is 1. The molecule has 27 heavy (non-hydrogen) atoms. The summed E-state index contributed by atoms with van der Waals surface area (Å²) in [6, 6.07) is 15.8. The Bertz CT molecular complexity index is 784. The van der Waals surface area contributed by atoms with Crippen LogP contribution in [0.3, 0.4) is 0 Å². The van der Waals surface area contributed by atoms with Crippen molar-refractivity contribution in [2.75, 3.05) is 18.1 Å². The summed E-state index contributed by atoms with van der Waals surface area (Å²) in [6.45, 7) is 6.16. The fourth-order valence-corrected chi connectivity index (χ4v) is 3.16. The van der Waals surface area contributed by atoms with E-state index < -0.39 is 0 Å². The van der Waals surface area contributed by atoms with E-state index in [9.17, 15) is 9.59 Å². The Morgan fingerprint density at radius 1 is 1.11 bits per heavy atom. The molecular formula is C22H26N2O3. The molecule has 1 unspecified atom stereocenters. The lowest BCUT2D eigenvalue weighted by atomic mass is 10.1. The molecule has 0 aliphatic carbocycles. The molecule has 1 aliphatic heterocycles. The first-order valence-corrected chi connectivity index (χ1v) is 9.37. The van der Waals surface area contributed by atoms with Gasteiger partial charge in [0.05, 0.1) is 12.5 Å². The highest BCUT2D eigenvalue weighted by atomic mass is 16.5. The molecule has 0 aromatic heterocycles. The predicted octanol–water partition coefficient (Wildman–Crippen LogP) is 3.20. The first-order valence-electron chi connectivity index (χ1n) is 9.37. The SMILES string of the molecule is CCOCc1ccc(CNC(=O)C2CC(=O)N(c3ccc(C)cc3)C2)cc1. The van der Waals surface area contributed by atoms with Gasteiger partial charge in [-0.3, -0.25) is 9.59 Å². The second-order valence-electron chi connectivity index (χ2n) is 6.91. The summed E-state index contributed by atoms with van der Waals surface area (Å²) >= 11 is 0. The van der Waals surface area contributed by atoms with E-state index in [0.717, 1.165) is 22.4 Å². The Hall–Kier alpha value is -2.66. The van der Waals surface area contributed by atoms with Crippen molar-refractivity contribution in [3.8, 4) is 0 Å². The molecule has 1 saturated heterocycles. The molecule has 3 rings (SSSR count). The van der Waals surface area contributed by atoms with Gasteiger partial charge in [-0.1, -0.05) is 42.0 Å². The number of carbonyl (C=O) groups is 2. The molecule has 1 N–H and O–H groups in total. The Morgan fingerprint density at radius 2 is 1.78 bits per heavy atom. The third-order valence-electron chi connectivity index (χ3n) is 4.80. The third-order valence-corrected chi connectivity index (χ3v) is 4.80. The molecule has 1 fully saturated rings. The van der Waals surface area contributed by atoms with E-state index in [1.165, 1.54) is 0 Å². The molecule has 5 nitrogen and oxygen atoms in total. The lowest BCUT2D eigenvalue weighted by Gasteiger charge is -2.17. The highest BCUT2D eigenvalue weighted by Gasteiger charge is 2.34. The number of anilines is 1. The highest BCUT2D eigenvalue weighted by molar-refractivity contribution is 6.00. The minimum atomic E-state index is -0.309. The van der Waals surface area contributed by atoms with Crippen molar-refractivity contribution in [2.24, 2.45) is 5.92 Å². The molecule has 1 aliphatic rings. The van der Waals surface area contributed by atoms with E-state index >= 15 is 0 Å². The van der Waals surface area contributed by atoms with Crippen LogP contribution in [0.5, 0.6) is 0 Å². The summed E-state index contributed by atoms with van der Waals surface area (Å²) in [6.07, 6.45) is 0.257. The van der Waals surface area contributed by atoms with Crippen LogP contribution in [0.25, 0.3) is 0 Å². The lowest BCUT2D eigenvalue weighted by Crippen LogP contribution is -2.32. The zero-order chi connectivity index (χ0) is 19.2. The predicted molar refractivity (Wildman–Crippen MR) is 105 cm³/mol. The van der Waals surface area contributed by atoms with E-state index in [-0.39, 0.29) is 24.2 Å². The molecule has 2 aromatic carbocycles. The van der Waals surface area contributed by atoms with Crippen molar-refractivity contribution in [1.29, 1.82) is 0 Å². The van der Waals surface area contributed by atoms with Gasteiger partial charge in [-0.2, -0.15) is 0 Å². The summed E-state index contributed by atoms with van der Waals surface area (Å²) in [7, 11) is 0. The second-order valence-corrected chi connectivity index (χ2v) is 6.91. The quantitative estimate of drug-likeness (QED) is 0.819. The Kier molecular flexibility index (Phi) is 6.24. The van der Waals surface area contributed by atoms with Crippen LogP contribution in [0, 0.1) is 12.8 Å². The van der Waals surface area contributed by atoms with Gasteiger partial charge in [0.2, 0.25) is 11.8 Å². The topological polar surface area (TPSA) is 58.6 Å². The molecule has 0 spiro atoms. The van der Waals surface area contributed by atoms with Crippen LogP contribution in [0.15, 0.2) is 48.5 Å². The van der Waals surface area contributed by atoms with E-state index in [0.29, 0.717) is 26.3 Å². The Labute approximate surface area is 160 Å². The van der Waals surface area contributed by atoms with Crippen LogP contribution in [-0.4, -0.2) is 25.0 Å². The fraction of sp³-hybridized carbons (Fsp3) is 0.364. The summed E-state index contributed by atoms with van der Waals surface area (Å²) in [5.41, 5.74) is 4.14. The number of rotatable bonds is 7. The number of nitrogens with zero attached hydrogens (tertiary/aromatic N) is 1. The van der Waals surface area contributed by atoms with Gasteiger partial charge in [-0.15, -0.1) is 0 Å². The number of amides is 2. The average molecular weight is 366 g/mol. The van der Waals surface area contributed by atoms with Gasteiger partial charge in [0.1, 0.15) is 0 Å². The number of carbonyl (C=O) groups excluding carboxylic acids is 2. The van der Waals surface area contributed by atoms with Gasteiger partial charge in [0.25, 0.3) is 0 Å². The fourth-order valence-electron chi connectivity index (χ4n) is 3.16. The summed E-state index contributed by atoms with van der Waals surface area (Å²) < 4.78 is 5.38. The summed E-state index contributed by atoms with van der Waals surface area (Å²) in [5.74, 6) is -0.383. The zero-order valence-corrected chi connectivity index (χ0v) is 15.9. The van der Waals surface area contributed by atoms with E-state index in [1.54, 1.807) is 4.90 Å². The zero-order valence-electron chi connectivity index (χ0n) is 15.9. The Morgan fingerprint density at radius 3 is 2.44 bits per heavy atom. The van der Waals surface area contributed by atoms with Gasteiger partial charge >= 0.3 is 0 Å². The molecule has 0 radical (unpaired) electrons. The van der Waals surface area contributed by atoms with Gasteiger partial charge in [0.15, 0.2) is 0 Å². The van der Waals surface area contributed by atoms with Crippen LogP contribution in [0.4, 0.5) is 5.69 Å². The van der Waals surface area contributed by atoms with Crippen LogP contribution in [0.1, 0.15) is 30.0 Å². The van der Waals surface area contributed by atoms with Crippen LogP contribution in [0.2, 0.25) is 0 Å². The standard InChI is InChI=1S/C22H26N2O3/c1-3-27-15-18-8-6-17(7-9-18)13-23-22(26)19-12-21(25)24(14-19)20-10-4-16(2)5-11-20/h4-11,19H,3,12-15H2,1-2H3,(H,23,26). The van der Waals surface area contributed by atoms with Crippen molar-refractivity contribution in [3.63, 3.8) is 0 Å². The van der Waals surface area contributed by atoms with E-state index in [4.69, 9.17) is 4.74 Å². The lowest BCUT2D eigenvalue weighted by molar-refractivity contribution is -0.126. The largest absolute Gasteiger partial charge is 0.377 e.